The molecule has 0 amide bonds. The maximum atomic E-state index is 12.5. The highest BCUT2D eigenvalue weighted by Gasteiger charge is 2.16. The molecule has 178 valence electrons. The summed E-state index contributed by atoms with van der Waals surface area (Å²) < 4.78 is 34.3. The van der Waals surface area contributed by atoms with Crippen molar-refractivity contribution in [2.45, 2.75) is 44.0 Å². The van der Waals surface area contributed by atoms with Crippen molar-refractivity contribution in [3.05, 3.63) is 40.3 Å². The number of aromatic nitrogens is 4. The van der Waals surface area contributed by atoms with E-state index < -0.39 is 21.7 Å². The molecule has 2 heterocycles. The Morgan fingerprint density at radius 2 is 2.09 bits per heavy atom. The number of aryl methyl sites for hydroxylation is 1. The lowest BCUT2D eigenvalue weighted by molar-refractivity contribution is -0.304. The molecule has 0 aliphatic heterocycles. The van der Waals surface area contributed by atoms with Crippen LogP contribution in [0.1, 0.15) is 31.7 Å². The summed E-state index contributed by atoms with van der Waals surface area (Å²) in [6.45, 7) is 2.63. The Hall–Kier alpha value is -3.45. The molecule has 33 heavy (non-hydrogen) atoms. The van der Waals surface area contributed by atoms with Crippen LogP contribution in [0.5, 0.6) is 6.01 Å². The molecule has 0 bridgehead atoms. The normalized spacial score (nSPS) is 11.7. The number of carboxylic acid groups (broad SMARTS) is 1. The number of H-pyrrole nitrogens is 1. The van der Waals surface area contributed by atoms with Gasteiger partial charge in [-0.2, -0.15) is 9.97 Å². The SMILES string of the molecule is CCCCOc1nc(N)c2[nH]c(=O)n(CCCNS(=O)(=O)c3cccc(CC(=O)[O-])c3)c2n1. The van der Waals surface area contributed by atoms with E-state index in [0.29, 0.717) is 12.2 Å². The molecule has 0 spiro atoms. The third-order valence-electron chi connectivity index (χ3n) is 4.77. The van der Waals surface area contributed by atoms with Crippen LogP contribution in [0.4, 0.5) is 5.82 Å². The first-order chi connectivity index (χ1) is 15.7. The summed E-state index contributed by atoms with van der Waals surface area (Å²) in [5, 5.41) is 10.8. The van der Waals surface area contributed by atoms with Gasteiger partial charge in [0.15, 0.2) is 11.5 Å². The molecule has 0 radical (unpaired) electrons. The number of hydrogen-bond acceptors (Lipinski definition) is 9. The number of imidazole rings is 1. The Labute approximate surface area is 189 Å². The van der Waals surface area contributed by atoms with Gasteiger partial charge >= 0.3 is 11.7 Å². The van der Waals surface area contributed by atoms with E-state index in [0.717, 1.165) is 12.8 Å². The first-order valence-electron chi connectivity index (χ1n) is 10.4. The highest BCUT2D eigenvalue weighted by Crippen LogP contribution is 2.18. The first-order valence-corrected chi connectivity index (χ1v) is 11.9. The van der Waals surface area contributed by atoms with Crippen LogP contribution in [0.3, 0.4) is 0 Å². The molecule has 3 aromatic rings. The van der Waals surface area contributed by atoms with E-state index in [1.807, 2.05) is 6.92 Å². The molecule has 0 aliphatic carbocycles. The van der Waals surface area contributed by atoms with Crippen LogP contribution in [0.25, 0.3) is 11.2 Å². The van der Waals surface area contributed by atoms with Crippen LogP contribution < -0.4 is 26.0 Å². The molecule has 13 heteroatoms. The fraction of sp³-hybridized carbons (Fsp3) is 0.400. The second-order valence-corrected chi connectivity index (χ2v) is 9.09. The summed E-state index contributed by atoms with van der Waals surface area (Å²) in [7, 11) is -3.86. The minimum absolute atomic E-state index is 0.0343. The number of nitrogen functional groups attached to an aromatic ring is 1. The van der Waals surface area contributed by atoms with Crippen molar-refractivity contribution in [2.75, 3.05) is 18.9 Å². The number of nitrogens with one attached hydrogen (secondary N) is 2. The van der Waals surface area contributed by atoms with Crippen LogP contribution >= 0.6 is 0 Å². The van der Waals surface area contributed by atoms with Gasteiger partial charge in [0.1, 0.15) is 5.52 Å². The number of sulfonamides is 1. The van der Waals surface area contributed by atoms with Crippen LogP contribution in [-0.4, -0.2) is 47.1 Å². The Balaban J connectivity index is 1.67. The number of fused-ring (bicyclic) bond motifs is 1. The lowest BCUT2D eigenvalue weighted by atomic mass is 10.2. The largest absolute Gasteiger partial charge is 0.550 e. The third-order valence-corrected chi connectivity index (χ3v) is 6.23. The van der Waals surface area contributed by atoms with Crippen molar-refractivity contribution in [3.8, 4) is 6.01 Å². The first kappa shape index (κ1) is 24.2. The van der Waals surface area contributed by atoms with Gasteiger partial charge in [-0.1, -0.05) is 25.5 Å². The summed E-state index contributed by atoms with van der Waals surface area (Å²) >= 11 is 0. The Morgan fingerprint density at radius 1 is 1.30 bits per heavy atom. The van der Waals surface area contributed by atoms with Gasteiger partial charge in [0.2, 0.25) is 10.0 Å². The van der Waals surface area contributed by atoms with E-state index in [9.17, 15) is 23.1 Å². The number of unbranched alkanes of at least 4 members (excludes halogenated alkanes) is 1. The summed E-state index contributed by atoms with van der Waals surface area (Å²) in [6.07, 6.45) is 1.64. The maximum absolute atomic E-state index is 12.5. The minimum Gasteiger partial charge on any atom is -0.550 e. The molecule has 3 rings (SSSR count). The van der Waals surface area contributed by atoms with Crippen molar-refractivity contribution in [1.29, 1.82) is 0 Å². The lowest BCUT2D eigenvalue weighted by Gasteiger charge is -2.09. The number of anilines is 1. The fourth-order valence-corrected chi connectivity index (χ4v) is 4.27. The van der Waals surface area contributed by atoms with Gasteiger partial charge in [0.05, 0.1) is 11.5 Å². The van der Waals surface area contributed by atoms with Crippen LogP contribution in [0.2, 0.25) is 0 Å². The zero-order valence-electron chi connectivity index (χ0n) is 18.0. The molecular weight excluding hydrogens is 452 g/mol. The molecule has 2 aromatic heterocycles. The summed E-state index contributed by atoms with van der Waals surface area (Å²) in [5.41, 5.74) is 6.34. The summed E-state index contributed by atoms with van der Waals surface area (Å²) in [6, 6.07) is 5.68. The maximum Gasteiger partial charge on any atom is 0.327 e. The standard InChI is InChI=1S/C20H26N6O6S/c1-2-3-10-32-19-24-17(21)16-18(25-19)26(20(29)23-16)9-5-8-22-33(30,31)14-7-4-6-13(11-14)12-15(27)28/h4,6-7,11,22H,2-3,5,8-10,12H2,1H3,(H,23,29)(H,27,28)(H2,21,24,25)/p-1. The highest BCUT2D eigenvalue weighted by atomic mass is 32.2. The van der Waals surface area contributed by atoms with Crippen LogP contribution in [-0.2, 0) is 27.8 Å². The van der Waals surface area contributed by atoms with Gasteiger partial charge in [-0.15, -0.1) is 0 Å². The van der Waals surface area contributed by atoms with Gasteiger partial charge in [-0.25, -0.2) is 17.9 Å². The number of benzene rings is 1. The van der Waals surface area contributed by atoms with Crippen molar-refractivity contribution in [2.24, 2.45) is 0 Å². The number of carbonyl (C=O) groups excluding carboxylic acids is 1. The fourth-order valence-electron chi connectivity index (χ4n) is 3.13. The number of ether oxygens (including phenoxy) is 1. The molecule has 1 aromatic carbocycles. The molecule has 4 N–H and O–H groups in total. The van der Waals surface area contributed by atoms with Gasteiger partial charge in [-0.3, -0.25) is 4.57 Å². The van der Waals surface area contributed by atoms with Crippen LogP contribution in [0, 0.1) is 0 Å². The molecule has 0 atom stereocenters. The number of nitrogens with zero attached hydrogens (tertiary/aromatic N) is 3. The second-order valence-electron chi connectivity index (χ2n) is 7.32. The molecular formula is C20H25N6O6S-. The lowest BCUT2D eigenvalue weighted by Crippen LogP contribution is -2.27. The third kappa shape index (κ3) is 6.08. The number of rotatable bonds is 12. The second kappa shape index (κ2) is 10.4. The summed E-state index contributed by atoms with van der Waals surface area (Å²) in [5.74, 6) is -1.22. The minimum atomic E-state index is -3.86. The van der Waals surface area contributed by atoms with Gasteiger partial charge < -0.3 is 25.4 Å². The van der Waals surface area contributed by atoms with E-state index in [1.165, 1.54) is 28.8 Å². The van der Waals surface area contributed by atoms with Gasteiger partial charge in [0.25, 0.3) is 0 Å². The molecule has 0 saturated heterocycles. The van der Waals surface area contributed by atoms with Crippen LogP contribution in [0.15, 0.2) is 34.0 Å². The quantitative estimate of drug-likeness (QED) is 0.290. The van der Waals surface area contributed by atoms with E-state index in [2.05, 4.69) is 19.7 Å². The molecule has 0 saturated carbocycles. The average molecular weight is 478 g/mol. The molecule has 0 fully saturated rings. The predicted octanol–water partition coefficient (Wildman–Crippen LogP) is -0.458. The van der Waals surface area contributed by atoms with Crippen molar-refractivity contribution < 1.29 is 23.1 Å². The van der Waals surface area contributed by atoms with E-state index in [1.54, 1.807) is 0 Å². The molecule has 0 unspecified atom stereocenters. The van der Waals surface area contributed by atoms with E-state index in [-0.39, 0.29) is 53.8 Å². The number of carbonyl (C=O) groups is 1. The highest BCUT2D eigenvalue weighted by molar-refractivity contribution is 7.89. The predicted molar refractivity (Wildman–Crippen MR) is 118 cm³/mol. The number of hydrogen-bond donors (Lipinski definition) is 3. The zero-order valence-corrected chi connectivity index (χ0v) is 18.9. The van der Waals surface area contributed by atoms with Crippen molar-refractivity contribution in [3.63, 3.8) is 0 Å². The van der Waals surface area contributed by atoms with Gasteiger partial charge in [-0.05, 0) is 30.5 Å². The van der Waals surface area contributed by atoms with Crippen molar-refractivity contribution >= 4 is 33.0 Å². The molecule has 0 aliphatic rings. The van der Waals surface area contributed by atoms with E-state index in [4.69, 9.17) is 10.5 Å². The number of aliphatic carboxylic acids is 1. The topological polar surface area (TPSA) is 185 Å². The number of carboxylic acids is 1. The Bertz CT molecular complexity index is 1300. The Kier molecular flexibility index (Phi) is 7.66. The number of aromatic amines is 1. The summed E-state index contributed by atoms with van der Waals surface area (Å²) in [4.78, 5) is 34.0. The molecule has 12 nitrogen and oxygen atoms in total. The van der Waals surface area contributed by atoms with Gasteiger partial charge in [0, 0.05) is 25.5 Å². The van der Waals surface area contributed by atoms with E-state index >= 15 is 0 Å². The monoisotopic (exact) mass is 477 g/mol. The van der Waals surface area contributed by atoms with Crippen molar-refractivity contribution in [1.82, 2.24) is 24.2 Å². The average Bonchev–Trinajstić information content (AvgIpc) is 3.07. The number of nitrogens with two attached hydrogens (primary N) is 1. The Morgan fingerprint density at radius 3 is 2.82 bits per heavy atom. The smallest absolute Gasteiger partial charge is 0.327 e. The zero-order chi connectivity index (χ0) is 24.0.